The van der Waals surface area contributed by atoms with Crippen LogP contribution in [0.15, 0.2) is 23.1 Å². The predicted octanol–water partition coefficient (Wildman–Crippen LogP) is 2.97. The van der Waals surface area contributed by atoms with Crippen molar-refractivity contribution in [3.8, 4) is 0 Å². The zero-order valence-electron chi connectivity index (χ0n) is 9.03. The molecule has 0 atom stereocenters. The van der Waals surface area contributed by atoms with Gasteiger partial charge in [-0.15, -0.1) is 11.8 Å². The van der Waals surface area contributed by atoms with Crippen molar-refractivity contribution in [3.05, 3.63) is 23.2 Å². The number of esters is 1. The lowest BCUT2D eigenvalue weighted by molar-refractivity contribution is -0.142. The van der Waals surface area contributed by atoms with E-state index >= 15 is 0 Å². The van der Waals surface area contributed by atoms with Gasteiger partial charge in [0.2, 0.25) is 0 Å². The average Bonchev–Trinajstić information content (AvgIpc) is 2.23. The van der Waals surface area contributed by atoms with Crippen molar-refractivity contribution in [2.45, 2.75) is 18.2 Å². The average molecular weight is 260 g/mol. The summed E-state index contributed by atoms with van der Waals surface area (Å²) < 4.78 is 4.82. The first-order chi connectivity index (χ1) is 7.65. The smallest absolute Gasteiger partial charge is 0.306 e. The summed E-state index contributed by atoms with van der Waals surface area (Å²) in [6.45, 7) is 2.20. The molecule has 1 aromatic rings. The molecular weight excluding hydrogens is 246 g/mol. The van der Waals surface area contributed by atoms with Gasteiger partial charge in [-0.1, -0.05) is 17.7 Å². The van der Waals surface area contributed by atoms with Gasteiger partial charge in [-0.3, -0.25) is 4.79 Å². The summed E-state index contributed by atoms with van der Waals surface area (Å²) in [5.74, 6) is 0.424. The molecule has 0 aromatic heterocycles. The first kappa shape index (κ1) is 13.2. The summed E-state index contributed by atoms with van der Waals surface area (Å²) in [4.78, 5) is 11.9. The van der Waals surface area contributed by atoms with Crippen molar-refractivity contribution in [2.24, 2.45) is 0 Å². The van der Waals surface area contributed by atoms with E-state index in [1.54, 1.807) is 25.1 Å². The molecule has 2 N–H and O–H groups in total. The minimum atomic E-state index is -0.194. The fraction of sp³-hybridized carbons (Fsp3) is 0.364. The zero-order valence-corrected chi connectivity index (χ0v) is 10.6. The minimum absolute atomic E-state index is 0.194. The maximum atomic E-state index is 11.1. The highest BCUT2D eigenvalue weighted by Gasteiger charge is 2.07. The van der Waals surface area contributed by atoms with Gasteiger partial charge in [-0.05, 0) is 19.1 Å². The summed E-state index contributed by atoms with van der Waals surface area (Å²) in [6.07, 6.45) is 0.364. The molecule has 1 aromatic carbocycles. The molecule has 0 aliphatic heterocycles. The highest BCUT2D eigenvalue weighted by Crippen LogP contribution is 2.32. The van der Waals surface area contributed by atoms with Gasteiger partial charge in [0.05, 0.1) is 18.1 Å². The normalized spacial score (nSPS) is 10.1. The maximum absolute atomic E-state index is 11.1. The van der Waals surface area contributed by atoms with Crippen molar-refractivity contribution < 1.29 is 9.53 Å². The van der Waals surface area contributed by atoms with Crippen molar-refractivity contribution >= 4 is 35.0 Å². The predicted molar refractivity (Wildman–Crippen MR) is 67.8 cm³/mol. The van der Waals surface area contributed by atoms with Gasteiger partial charge in [-0.2, -0.15) is 0 Å². The Morgan fingerprint density at radius 1 is 1.56 bits per heavy atom. The van der Waals surface area contributed by atoms with Gasteiger partial charge in [-0.25, -0.2) is 0 Å². The monoisotopic (exact) mass is 259 g/mol. The van der Waals surface area contributed by atoms with Crippen LogP contribution in [-0.4, -0.2) is 18.3 Å². The lowest BCUT2D eigenvalue weighted by Gasteiger charge is -2.07. The molecule has 0 spiro atoms. The fourth-order valence-corrected chi connectivity index (χ4v) is 2.41. The maximum Gasteiger partial charge on any atom is 0.306 e. The van der Waals surface area contributed by atoms with Crippen LogP contribution in [0.1, 0.15) is 13.3 Å². The van der Waals surface area contributed by atoms with Crippen molar-refractivity contribution in [1.29, 1.82) is 0 Å². The summed E-state index contributed by atoms with van der Waals surface area (Å²) >= 11 is 7.46. The summed E-state index contributed by atoms with van der Waals surface area (Å²) in [5.41, 5.74) is 6.42. The number of thioether (sulfide) groups is 1. The Hall–Kier alpha value is -0.870. The van der Waals surface area contributed by atoms with Crippen LogP contribution in [0, 0.1) is 0 Å². The molecule has 0 radical (unpaired) electrons. The number of ether oxygens (including phenoxy) is 1. The minimum Gasteiger partial charge on any atom is -0.466 e. The number of carbonyl (C=O) groups excluding carboxylic acids is 1. The Kier molecular flexibility index (Phi) is 5.49. The number of hydrogen-bond acceptors (Lipinski definition) is 4. The van der Waals surface area contributed by atoms with Crippen LogP contribution in [0.25, 0.3) is 0 Å². The number of hydrogen-bond donors (Lipinski definition) is 1. The Morgan fingerprint density at radius 3 is 2.94 bits per heavy atom. The number of rotatable bonds is 5. The van der Waals surface area contributed by atoms with Gasteiger partial charge in [0, 0.05) is 16.3 Å². The van der Waals surface area contributed by atoms with Crippen LogP contribution in [0.5, 0.6) is 0 Å². The highest BCUT2D eigenvalue weighted by molar-refractivity contribution is 7.99. The molecule has 1 rings (SSSR count). The fourth-order valence-electron chi connectivity index (χ4n) is 1.15. The summed E-state index contributed by atoms with van der Waals surface area (Å²) in [6, 6.07) is 5.37. The highest BCUT2D eigenvalue weighted by atomic mass is 35.5. The third-order valence-corrected chi connectivity index (χ3v) is 3.43. The molecule has 0 saturated carbocycles. The molecule has 0 heterocycles. The van der Waals surface area contributed by atoms with E-state index in [0.717, 1.165) is 4.90 Å². The lowest BCUT2D eigenvalue weighted by Crippen LogP contribution is -2.04. The molecule has 3 nitrogen and oxygen atoms in total. The second-order valence-electron chi connectivity index (χ2n) is 3.06. The van der Waals surface area contributed by atoms with Gasteiger partial charge in [0.1, 0.15) is 0 Å². The lowest BCUT2D eigenvalue weighted by atomic mass is 10.3. The quantitative estimate of drug-likeness (QED) is 0.502. The van der Waals surface area contributed by atoms with E-state index in [1.807, 2.05) is 0 Å². The third-order valence-electron chi connectivity index (χ3n) is 1.86. The van der Waals surface area contributed by atoms with Crippen LogP contribution in [0.2, 0.25) is 5.02 Å². The SMILES string of the molecule is CCOC(=O)CCSc1c(N)cccc1Cl. The molecule has 0 amide bonds. The van der Waals surface area contributed by atoms with Crippen LogP contribution in [0.4, 0.5) is 5.69 Å². The Morgan fingerprint density at radius 2 is 2.31 bits per heavy atom. The first-order valence-electron chi connectivity index (χ1n) is 4.97. The Bertz CT molecular complexity index is 351. The van der Waals surface area contributed by atoms with E-state index in [2.05, 4.69) is 0 Å². The second-order valence-corrected chi connectivity index (χ2v) is 4.57. The molecule has 0 unspecified atom stereocenters. The van der Waals surface area contributed by atoms with Gasteiger partial charge >= 0.3 is 5.97 Å². The van der Waals surface area contributed by atoms with Gasteiger partial charge in [0.15, 0.2) is 0 Å². The second kappa shape index (κ2) is 6.66. The molecule has 0 aliphatic rings. The molecule has 0 saturated heterocycles. The standard InChI is InChI=1S/C11H14ClNO2S/c1-2-15-10(14)6-7-16-11-8(12)4-3-5-9(11)13/h3-5H,2,6-7,13H2,1H3. The Balaban J connectivity index is 2.46. The van der Waals surface area contributed by atoms with Crippen LogP contribution < -0.4 is 5.73 Å². The number of halogens is 1. The number of benzene rings is 1. The number of nitrogen functional groups attached to an aromatic ring is 1. The van der Waals surface area contributed by atoms with Gasteiger partial charge < -0.3 is 10.5 Å². The Labute approximate surface area is 104 Å². The topological polar surface area (TPSA) is 52.3 Å². The van der Waals surface area contributed by atoms with Crippen molar-refractivity contribution in [2.75, 3.05) is 18.1 Å². The third kappa shape index (κ3) is 3.94. The molecule has 0 aliphatic carbocycles. The number of carbonyl (C=O) groups is 1. The molecule has 5 heteroatoms. The summed E-state index contributed by atoms with van der Waals surface area (Å²) in [7, 11) is 0. The van der Waals surface area contributed by atoms with E-state index in [1.165, 1.54) is 11.8 Å². The van der Waals surface area contributed by atoms with Gasteiger partial charge in [0.25, 0.3) is 0 Å². The van der Waals surface area contributed by atoms with Crippen molar-refractivity contribution in [3.63, 3.8) is 0 Å². The number of nitrogens with two attached hydrogens (primary N) is 1. The van der Waals surface area contributed by atoms with E-state index < -0.39 is 0 Å². The van der Waals surface area contributed by atoms with Crippen LogP contribution >= 0.6 is 23.4 Å². The van der Waals surface area contributed by atoms with Crippen LogP contribution in [-0.2, 0) is 9.53 Å². The number of anilines is 1. The largest absolute Gasteiger partial charge is 0.466 e. The first-order valence-corrected chi connectivity index (χ1v) is 6.34. The molecule has 0 bridgehead atoms. The molecule has 16 heavy (non-hydrogen) atoms. The summed E-state index contributed by atoms with van der Waals surface area (Å²) in [5, 5.41) is 0.619. The van der Waals surface area contributed by atoms with Crippen LogP contribution in [0.3, 0.4) is 0 Å². The molecular formula is C11H14ClNO2S. The molecule has 0 fully saturated rings. The van der Waals surface area contributed by atoms with E-state index in [-0.39, 0.29) is 5.97 Å². The van der Waals surface area contributed by atoms with E-state index in [0.29, 0.717) is 29.5 Å². The van der Waals surface area contributed by atoms with Crippen molar-refractivity contribution in [1.82, 2.24) is 0 Å². The zero-order chi connectivity index (χ0) is 12.0. The molecule has 88 valence electrons. The van der Waals surface area contributed by atoms with E-state index in [9.17, 15) is 4.79 Å². The van der Waals surface area contributed by atoms with E-state index in [4.69, 9.17) is 22.1 Å².